The first-order chi connectivity index (χ1) is 11.2. The summed E-state index contributed by atoms with van der Waals surface area (Å²) in [7, 11) is -1.94. The Morgan fingerprint density at radius 1 is 1.12 bits per heavy atom. The van der Waals surface area contributed by atoms with E-state index in [-0.39, 0.29) is 4.90 Å². The van der Waals surface area contributed by atoms with E-state index in [4.69, 9.17) is 9.47 Å². The first kappa shape index (κ1) is 19.3. The number of aryl methyl sites for hydroxylation is 1. The van der Waals surface area contributed by atoms with Crippen LogP contribution in [0.15, 0.2) is 29.2 Å². The fraction of sp³-hybridized carbons (Fsp3) is 0.647. The predicted molar refractivity (Wildman–Crippen MR) is 89.7 cm³/mol. The summed E-state index contributed by atoms with van der Waals surface area (Å²) in [4.78, 5) is -0.178. The van der Waals surface area contributed by atoms with Gasteiger partial charge in [-0.05, 0) is 25.5 Å². The second kappa shape index (κ2) is 7.93. The SMILES string of the molecule is CCC[N+](C)(CC1CO1)CC1CO1.Cc1ccc(S(=O)(=O)[O-])cc1. The molecule has 136 valence electrons. The van der Waals surface area contributed by atoms with Crippen LogP contribution in [0.25, 0.3) is 0 Å². The lowest BCUT2D eigenvalue weighted by Gasteiger charge is -2.33. The highest BCUT2D eigenvalue weighted by molar-refractivity contribution is 7.85. The largest absolute Gasteiger partial charge is 0.744 e. The van der Waals surface area contributed by atoms with Gasteiger partial charge in [-0.3, -0.25) is 0 Å². The molecule has 2 fully saturated rings. The predicted octanol–water partition coefficient (Wildman–Crippen LogP) is 1.54. The Kier molecular flexibility index (Phi) is 6.39. The number of hydrogen-bond donors (Lipinski definition) is 0. The first-order valence-electron chi connectivity index (χ1n) is 8.31. The number of rotatable bonds is 7. The third-order valence-corrected chi connectivity index (χ3v) is 5.02. The molecule has 2 atom stereocenters. The molecular formula is C17H27NO5S. The third-order valence-electron chi connectivity index (χ3n) is 4.17. The minimum atomic E-state index is -4.27. The van der Waals surface area contributed by atoms with Crippen molar-refractivity contribution in [2.24, 2.45) is 0 Å². The van der Waals surface area contributed by atoms with Crippen molar-refractivity contribution in [3.63, 3.8) is 0 Å². The highest BCUT2D eigenvalue weighted by Gasteiger charge is 2.38. The number of likely N-dealkylation sites (N-methyl/N-ethyl adjacent to an activating group) is 1. The zero-order valence-corrected chi connectivity index (χ0v) is 15.4. The molecule has 1 aromatic rings. The van der Waals surface area contributed by atoms with Gasteiger partial charge in [-0.25, -0.2) is 8.42 Å². The molecule has 0 bridgehead atoms. The van der Waals surface area contributed by atoms with Crippen molar-refractivity contribution in [3.05, 3.63) is 29.8 Å². The maximum Gasteiger partial charge on any atom is 0.130 e. The van der Waals surface area contributed by atoms with E-state index < -0.39 is 10.1 Å². The van der Waals surface area contributed by atoms with Crippen LogP contribution in [0.1, 0.15) is 18.9 Å². The summed E-state index contributed by atoms with van der Waals surface area (Å²) in [5.74, 6) is 0. The molecule has 1 aromatic carbocycles. The van der Waals surface area contributed by atoms with Gasteiger partial charge in [0.25, 0.3) is 0 Å². The maximum absolute atomic E-state index is 10.4. The van der Waals surface area contributed by atoms with Crippen LogP contribution in [0.4, 0.5) is 0 Å². The van der Waals surface area contributed by atoms with Crippen LogP contribution < -0.4 is 0 Å². The summed E-state index contributed by atoms with van der Waals surface area (Å²) < 4.78 is 42.9. The average molecular weight is 357 g/mol. The minimum absolute atomic E-state index is 0.178. The Bertz CT molecular complexity index is 607. The van der Waals surface area contributed by atoms with Gasteiger partial charge in [-0.15, -0.1) is 0 Å². The summed E-state index contributed by atoms with van der Waals surface area (Å²) in [5, 5.41) is 0. The lowest BCUT2D eigenvalue weighted by molar-refractivity contribution is -0.910. The molecule has 24 heavy (non-hydrogen) atoms. The summed E-state index contributed by atoms with van der Waals surface area (Å²) in [6.07, 6.45) is 2.32. The molecule has 0 saturated carbocycles. The van der Waals surface area contributed by atoms with Gasteiger partial charge in [0.1, 0.15) is 35.4 Å². The van der Waals surface area contributed by atoms with E-state index in [1.165, 1.54) is 38.2 Å². The molecule has 0 spiro atoms. The van der Waals surface area contributed by atoms with E-state index in [9.17, 15) is 13.0 Å². The molecule has 2 saturated heterocycles. The van der Waals surface area contributed by atoms with E-state index in [1.54, 1.807) is 12.1 Å². The summed E-state index contributed by atoms with van der Waals surface area (Å²) in [6.45, 7) is 9.62. The molecule has 0 aromatic heterocycles. The molecular weight excluding hydrogens is 330 g/mol. The zero-order chi connectivity index (χ0) is 17.8. The van der Waals surface area contributed by atoms with Crippen LogP contribution in [0.5, 0.6) is 0 Å². The third kappa shape index (κ3) is 6.86. The summed E-state index contributed by atoms with van der Waals surface area (Å²) >= 11 is 0. The molecule has 6 nitrogen and oxygen atoms in total. The van der Waals surface area contributed by atoms with Crippen LogP contribution >= 0.6 is 0 Å². The topological polar surface area (TPSA) is 82.3 Å². The van der Waals surface area contributed by atoms with Gasteiger partial charge in [0, 0.05) is 0 Å². The Morgan fingerprint density at radius 3 is 1.92 bits per heavy atom. The first-order valence-corrected chi connectivity index (χ1v) is 9.72. The lowest BCUT2D eigenvalue weighted by Crippen LogP contribution is -2.49. The monoisotopic (exact) mass is 357 g/mol. The summed E-state index contributed by atoms with van der Waals surface area (Å²) in [6, 6.07) is 5.78. The fourth-order valence-corrected chi connectivity index (χ4v) is 3.30. The Balaban J connectivity index is 0.000000177. The van der Waals surface area contributed by atoms with Crippen molar-refractivity contribution < 1.29 is 26.9 Å². The highest BCUT2D eigenvalue weighted by atomic mass is 32.2. The molecule has 0 radical (unpaired) electrons. The maximum atomic E-state index is 10.4. The van der Waals surface area contributed by atoms with Crippen LogP contribution in [-0.4, -0.2) is 69.6 Å². The van der Waals surface area contributed by atoms with Crippen molar-refractivity contribution in [1.82, 2.24) is 0 Å². The molecule has 2 aliphatic rings. The van der Waals surface area contributed by atoms with Crippen molar-refractivity contribution in [2.75, 3.05) is 39.9 Å². The standard InChI is InChI=1S/C10H20NO2.C7H8O3S/c1-3-4-11(2,5-9-7-12-9)6-10-8-13-10;1-6-2-4-7(5-3-6)11(8,9)10/h9-10H,3-8H2,1-2H3;2-5H,1H3,(H,8,9,10)/q+1;/p-1. The van der Waals surface area contributed by atoms with Gasteiger partial charge in [0.05, 0.1) is 31.7 Å². The van der Waals surface area contributed by atoms with Gasteiger partial charge in [-0.1, -0.05) is 24.6 Å². The van der Waals surface area contributed by atoms with Crippen molar-refractivity contribution in [3.8, 4) is 0 Å². The zero-order valence-electron chi connectivity index (χ0n) is 14.6. The van der Waals surface area contributed by atoms with E-state index in [1.807, 2.05) is 6.92 Å². The van der Waals surface area contributed by atoms with Crippen LogP contribution in [-0.2, 0) is 19.6 Å². The Hall–Kier alpha value is -0.990. The van der Waals surface area contributed by atoms with Crippen molar-refractivity contribution in [1.29, 1.82) is 0 Å². The highest BCUT2D eigenvalue weighted by Crippen LogP contribution is 2.21. The number of epoxide rings is 2. The van der Waals surface area contributed by atoms with Gasteiger partial charge < -0.3 is 18.5 Å². The second-order valence-corrected chi connectivity index (χ2v) is 8.27. The Morgan fingerprint density at radius 2 is 1.58 bits per heavy atom. The minimum Gasteiger partial charge on any atom is -0.744 e. The normalized spacial score (nSPS) is 24.5. The second-order valence-electron chi connectivity index (χ2n) is 6.89. The molecule has 7 heteroatoms. The number of quaternary nitrogens is 1. The number of hydrogen-bond acceptors (Lipinski definition) is 5. The molecule has 0 N–H and O–H groups in total. The molecule has 3 rings (SSSR count). The van der Waals surface area contributed by atoms with E-state index in [0.717, 1.165) is 23.3 Å². The number of nitrogens with zero attached hydrogens (tertiary/aromatic N) is 1. The quantitative estimate of drug-likeness (QED) is 0.420. The number of benzene rings is 1. The molecule has 0 aliphatic carbocycles. The van der Waals surface area contributed by atoms with Gasteiger partial charge in [-0.2, -0.15) is 0 Å². The van der Waals surface area contributed by atoms with E-state index in [2.05, 4.69) is 14.0 Å². The smallest absolute Gasteiger partial charge is 0.130 e. The number of ether oxygens (including phenoxy) is 2. The van der Waals surface area contributed by atoms with Crippen molar-refractivity contribution in [2.45, 2.75) is 37.4 Å². The van der Waals surface area contributed by atoms with E-state index >= 15 is 0 Å². The molecule has 2 unspecified atom stereocenters. The van der Waals surface area contributed by atoms with Gasteiger partial charge in [0.2, 0.25) is 0 Å². The summed E-state index contributed by atoms with van der Waals surface area (Å²) in [5.41, 5.74) is 0.928. The lowest BCUT2D eigenvalue weighted by atomic mass is 10.2. The van der Waals surface area contributed by atoms with Crippen LogP contribution in [0.3, 0.4) is 0 Å². The van der Waals surface area contributed by atoms with Gasteiger partial charge >= 0.3 is 0 Å². The Labute approximate surface area is 144 Å². The van der Waals surface area contributed by atoms with E-state index in [0.29, 0.717) is 12.2 Å². The molecule has 2 aliphatic heterocycles. The fourth-order valence-electron chi connectivity index (χ4n) is 2.83. The molecule has 0 amide bonds. The van der Waals surface area contributed by atoms with Crippen molar-refractivity contribution >= 4 is 10.1 Å². The van der Waals surface area contributed by atoms with Crippen LogP contribution in [0.2, 0.25) is 0 Å². The average Bonchev–Trinajstić information content (AvgIpc) is 3.37. The van der Waals surface area contributed by atoms with Gasteiger partial charge in [0.15, 0.2) is 0 Å². The van der Waals surface area contributed by atoms with Crippen LogP contribution in [0, 0.1) is 6.92 Å². The molecule has 2 heterocycles.